The fraction of sp³-hybridized carbons (Fsp3) is 0.600. The van der Waals surface area contributed by atoms with E-state index in [0.29, 0.717) is 25.0 Å². The minimum absolute atomic E-state index is 0. The second kappa shape index (κ2) is 11.0. The van der Waals surface area contributed by atoms with Gasteiger partial charge < -0.3 is 20.3 Å². The zero-order valence-electron chi connectivity index (χ0n) is 16.9. The maximum Gasteiger partial charge on any atom is 0.229 e. The molecule has 2 fully saturated rings. The highest BCUT2D eigenvalue weighted by atomic mass is 127. The molecule has 0 saturated carbocycles. The molecule has 2 N–H and O–H groups in total. The first-order chi connectivity index (χ1) is 13.1. The van der Waals surface area contributed by atoms with E-state index in [-0.39, 0.29) is 35.9 Å². The summed E-state index contributed by atoms with van der Waals surface area (Å²) in [7, 11) is 1.77. The smallest absolute Gasteiger partial charge is 0.229 e. The van der Waals surface area contributed by atoms with E-state index >= 15 is 0 Å². The van der Waals surface area contributed by atoms with Crippen LogP contribution in [0.5, 0.6) is 0 Å². The van der Waals surface area contributed by atoms with Gasteiger partial charge in [-0.3, -0.25) is 14.7 Å². The van der Waals surface area contributed by atoms with E-state index in [1.54, 1.807) is 7.05 Å². The van der Waals surface area contributed by atoms with Gasteiger partial charge in [-0.25, -0.2) is 0 Å². The van der Waals surface area contributed by atoms with Gasteiger partial charge in [0, 0.05) is 50.9 Å². The van der Waals surface area contributed by atoms with Gasteiger partial charge in [-0.2, -0.15) is 0 Å². The van der Waals surface area contributed by atoms with Crippen LogP contribution in [0.1, 0.15) is 20.3 Å². The summed E-state index contributed by atoms with van der Waals surface area (Å²) in [5.74, 6) is 0.889. The molecule has 3 atom stereocenters. The lowest BCUT2D eigenvalue weighted by molar-refractivity contribution is -0.117. The maximum absolute atomic E-state index is 12.4. The van der Waals surface area contributed by atoms with Crippen molar-refractivity contribution in [1.82, 2.24) is 15.5 Å². The third kappa shape index (κ3) is 5.81. The van der Waals surface area contributed by atoms with Crippen LogP contribution in [-0.2, 0) is 9.53 Å². The van der Waals surface area contributed by atoms with Gasteiger partial charge in [0.25, 0.3) is 0 Å². The molecule has 1 amide bonds. The minimum atomic E-state index is 0. The number of carbonyl (C=O) groups excluding carboxylic acids is 1. The Morgan fingerprint density at radius 2 is 2.11 bits per heavy atom. The Hall–Kier alpha value is -1.39. The van der Waals surface area contributed by atoms with Crippen LogP contribution in [0.15, 0.2) is 35.3 Å². The Bertz CT molecular complexity index is 657. The number of aliphatic imine (C=N–C) groups is 1. The zero-order valence-corrected chi connectivity index (χ0v) is 19.3. The third-order valence-electron chi connectivity index (χ3n) is 5.31. The number of amides is 1. The molecule has 1 aromatic carbocycles. The van der Waals surface area contributed by atoms with Crippen molar-refractivity contribution in [3.8, 4) is 0 Å². The molecule has 3 unspecified atom stereocenters. The molecule has 156 valence electrons. The van der Waals surface area contributed by atoms with Crippen molar-refractivity contribution in [3.63, 3.8) is 0 Å². The highest BCUT2D eigenvalue weighted by Crippen LogP contribution is 2.21. The molecule has 1 aromatic rings. The van der Waals surface area contributed by atoms with Gasteiger partial charge in [-0.15, -0.1) is 24.0 Å². The quantitative estimate of drug-likeness (QED) is 0.365. The molecule has 7 nitrogen and oxygen atoms in total. The molecular formula is C20H32IN5O2. The average Bonchev–Trinajstić information content (AvgIpc) is 3.06. The summed E-state index contributed by atoms with van der Waals surface area (Å²) >= 11 is 0. The first-order valence-corrected chi connectivity index (χ1v) is 9.74. The van der Waals surface area contributed by atoms with Crippen LogP contribution in [-0.4, -0.2) is 74.8 Å². The standard InChI is InChI=1S/C20H31N5O2.HI/c1-15(24-9-10-27-14-16(24)2)12-22-20(21-3)23-17-11-19(26)25(13-17)18-7-5-4-6-8-18;/h4-8,15-17H,9-14H2,1-3H3,(H2,21,22,23);1H. The average molecular weight is 501 g/mol. The number of para-hydroxylation sites is 1. The molecule has 0 radical (unpaired) electrons. The number of guanidine groups is 1. The lowest BCUT2D eigenvalue weighted by atomic mass is 10.2. The van der Waals surface area contributed by atoms with Gasteiger partial charge in [0.15, 0.2) is 5.96 Å². The third-order valence-corrected chi connectivity index (χ3v) is 5.31. The molecule has 2 aliphatic heterocycles. The van der Waals surface area contributed by atoms with Crippen LogP contribution in [0, 0.1) is 0 Å². The van der Waals surface area contributed by atoms with Crippen molar-refractivity contribution in [2.24, 2.45) is 4.99 Å². The fourth-order valence-electron chi connectivity index (χ4n) is 3.81. The number of halogens is 1. The molecule has 2 aliphatic rings. The van der Waals surface area contributed by atoms with Crippen molar-refractivity contribution in [2.45, 2.75) is 38.4 Å². The summed E-state index contributed by atoms with van der Waals surface area (Å²) in [4.78, 5) is 21.0. The first-order valence-electron chi connectivity index (χ1n) is 9.74. The van der Waals surface area contributed by atoms with Crippen molar-refractivity contribution in [3.05, 3.63) is 30.3 Å². The summed E-state index contributed by atoms with van der Waals surface area (Å²) < 4.78 is 5.52. The van der Waals surface area contributed by atoms with Crippen molar-refractivity contribution in [1.29, 1.82) is 0 Å². The summed E-state index contributed by atoms with van der Waals surface area (Å²) in [5, 5.41) is 6.81. The largest absolute Gasteiger partial charge is 0.379 e. The molecule has 3 rings (SSSR count). The normalized spacial score (nSPS) is 24.6. The van der Waals surface area contributed by atoms with Crippen LogP contribution < -0.4 is 15.5 Å². The monoisotopic (exact) mass is 501 g/mol. The number of ether oxygens (including phenoxy) is 1. The summed E-state index contributed by atoms with van der Waals surface area (Å²) in [5.41, 5.74) is 0.949. The minimum Gasteiger partial charge on any atom is -0.379 e. The van der Waals surface area contributed by atoms with E-state index in [4.69, 9.17) is 4.74 Å². The molecule has 0 aliphatic carbocycles. The molecule has 28 heavy (non-hydrogen) atoms. The number of nitrogens with zero attached hydrogens (tertiary/aromatic N) is 3. The molecule has 0 aromatic heterocycles. The van der Waals surface area contributed by atoms with Gasteiger partial charge in [0.05, 0.1) is 19.3 Å². The van der Waals surface area contributed by atoms with Crippen LogP contribution in [0.4, 0.5) is 5.69 Å². The van der Waals surface area contributed by atoms with Crippen LogP contribution in [0.25, 0.3) is 0 Å². The van der Waals surface area contributed by atoms with E-state index in [1.165, 1.54) is 0 Å². The Labute approximate surface area is 184 Å². The van der Waals surface area contributed by atoms with Crippen LogP contribution in [0.3, 0.4) is 0 Å². The summed E-state index contributed by atoms with van der Waals surface area (Å²) in [6.07, 6.45) is 0.478. The van der Waals surface area contributed by atoms with Crippen molar-refractivity contribution >= 4 is 41.5 Å². The number of carbonyl (C=O) groups is 1. The van der Waals surface area contributed by atoms with Gasteiger partial charge in [0.1, 0.15) is 0 Å². The van der Waals surface area contributed by atoms with Crippen molar-refractivity contribution < 1.29 is 9.53 Å². The number of rotatable bonds is 5. The van der Waals surface area contributed by atoms with E-state index in [9.17, 15) is 4.79 Å². The predicted molar refractivity (Wildman–Crippen MR) is 124 cm³/mol. The number of hydrogen-bond acceptors (Lipinski definition) is 4. The maximum atomic E-state index is 12.4. The van der Waals surface area contributed by atoms with E-state index in [1.807, 2.05) is 35.2 Å². The second-order valence-electron chi connectivity index (χ2n) is 7.35. The first kappa shape index (κ1) is 22.9. The van der Waals surface area contributed by atoms with Crippen LogP contribution in [0.2, 0.25) is 0 Å². The highest BCUT2D eigenvalue weighted by molar-refractivity contribution is 14.0. The lowest BCUT2D eigenvalue weighted by Crippen LogP contribution is -2.53. The van der Waals surface area contributed by atoms with Gasteiger partial charge in [-0.05, 0) is 26.0 Å². The highest BCUT2D eigenvalue weighted by Gasteiger charge is 2.31. The fourth-order valence-corrected chi connectivity index (χ4v) is 3.81. The van der Waals surface area contributed by atoms with Crippen LogP contribution >= 0.6 is 24.0 Å². The molecule has 2 heterocycles. The molecular weight excluding hydrogens is 469 g/mol. The topological polar surface area (TPSA) is 69.2 Å². The van der Waals surface area contributed by atoms with E-state index < -0.39 is 0 Å². The molecule has 0 bridgehead atoms. The van der Waals surface area contributed by atoms with E-state index in [2.05, 4.69) is 34.4 Å². The summed E-state index contributed by atoms with van der Waals surface area (Å²) in [6, 6.07) is 10.7. The Morgan fingerprint density at radius 3 is 2.79 bits per heavy atom. The van der Waals surface area contributed by atoms with Gasteiger partial charge in [-0.1, -0.05) is 18.2 Å². The van der Waals surface area contributed by atoms with E-state index in [0.717, 1.165) is 38.0 Å². The number of hydrogen-bond donors (Lipinski definition) is 2. The summed E-state index contributed by atoms with van der Waals surface area (Å²) in [6.45, 7) is 8.41. The number of benzene rings is 1. The second-order valence-corrected chi connectivity index (χ2v) is 7.35. The Kier molecular flexibility index (Phi) is 8.97. The Balaban J connectivity index is 0.00000280. The lowest BCUT2D eigenvalue weighted by Gasteiger charge is -2.38. The molecule has 8 heteroatoms. The number of morpholine rings is 1. The molecule has 0 spiro atoms. The predicted octanol–water partition coefficient (Wildman–Crippen LogP) is 1.68. The zero-order chi connectivity index (χ0) is 19.2. The van der Waals surface area contributed by atoms with Gasteiger partial charge in [0.2, 0.25) is 5.91 Å². The number of anilines is 1. The van der Waals surface area contributed by atoms with Crippen molar-refractivity contribution in [2.75, 3.05) is 44.8 Å². The van der Waals surface area contributed by atoms with Gasteiger partial charge >= 0.3 is 0 Å². The molecule has 2 saturated heterocycles. The SMILES string of the molecule is CN=C(NCC(C)N1CCOCC1C)NC1CC(=O)N(c2ccccc2)C1.I. The number of nitrogens with one attached hydrogen (secondary N) is 2. The Morgan fingerprint density at radius 1 is 1.36 bits per heavy atom.